The van der Waals surface area contributed by atoms with Gasteiger partial charge >= 0.3 is 0 Å². The van der Waals surface area contributed by atoms with Gasteiger partial charge in [0.1, 0.15) is 0 Å². The maximum Gasteiger partial charge on any atom is 0.154 e. The summed E-state index contributed by atoms with van der Waals surface area (Å²) in [6.45, 7) is 0.769. The summed E-state index contributed by atoms with van der Waals surface area (Å²) in [5, 5.41) is 2.95. The fourth-order valence-corrected chi connectivity index (χ4v) is 2.67. The van der Waals surface area contributed by atoms with Gasteiger partial charge in [-0.2, -0.15) is 0 Å². The Kier molecular flexibility index (Phi) is 2.67. The summed E-state index contributed by atoms with van der Waals surface area (Å²) in [6, 6.07) is 0. The topological polar surface area (TPSA) is 46.2 Å². The quantitative estimate of drug-likeness (QED) is 0.599. The van der Waals surface area contributed by atoms with Crippen LogP contribution >= 0.6 is 0 Å². The highest BCUT2D eigenvalue weighted by atomic mass is 32.2. The molecule has 0 bridgehead atoms. The van der Waals surface area contributed by atoms with Crippen LogP contribution in [-0.4, -0.2) is 33.5 Å². The van der Waals surface area contributed by atoms with Gasteiger partial charge in [-0.1, -0.05) is 11.6 Å². The van der Waals surface area contributed by atoms with Crippen molar-refractivity contribution in [2.45, 2.75) is 6.42 Å². The summed E-state index contributed by atoms with van der Waals surface area (Å²) in [4.78, 5) is 0. The monoisotopic (exact) mass is 175 g/mol. The van der Waals surface area contributed by atoms with Gasteiger partial charge < -0.3 is 5.32 Å². The molecule has 0 saturated carbocycles. The molecule has 0 spiro atoms. The minimum Gasteiger partial charge on any atom is -0.316 e. The van der Waals surface area contributed by atoms with E-state index < -0.39 is 9.84 Å². The van der Waals surface area contributed by atoms with E-state index in [2.05, 4.69) is 5.32 Å². The van der Waals surface area contributed by atoms with Gasteiger partial charge in [-0.15, -0.1) is 0 Å². The molecule has 1 rings (SSSR count). The van der Waals surface area contributed by atoms with Crippen LogP contribution in [0.25, 0.3) is 0 Å². The Labute approximate surface area is 67.4 Å². The molecule has 0 aromatic rings. The van der Waals surface area contributed by atoms with Crippen LogP contribution in [-0.2, 0) is 9.84 Å². The fourth-order valence-electron chi connectivity index (χ4n) is 1.12. The van der Waals surface area contributed by atoms with Crippen molar-refractivity contribution in [3.05, 3.63) is 11.6 Å². The van der Waals surface area contributed by atoms with Gasteiger partial charge in [0.2, 0.25) is 0 Å². The smallest absolute Gasteiger partial charge is 0.154 e. The minimum atomic E-state index is -2.72. The number of likely N-dealkylation sites (N-methyl/N-ethyl adjacent to an activating group) is 1. The van der Waals surface area contributed by atoms with Crippen LogP contribution in [0.2, 0.25) is 0 Å². The zero-order valence-corrected chi connectivity index (χ0v) is 7.45. The van der Waals surface area contributed by atoms with E-state index in [9.17, 15) is 8.42 Å². The molecular weight excluding hydrogens is 162 g/mol. The molecule has 1 aliphatic heterocycles. The van der Waals surface area contributed by atoms with E-state index in [0.717, 1.165) is 18.5 Å². The molecular formula is C7H13NO2S. The Balaban J connectivity index is 2.54. The number of rotatable bonds is 2. The molecule has 64 valence electrons. The first-order valence-electron chi connectivity index (χ1n) is 3.67. The van der Waals surface area contributed by atoms with Crippen LogP contribution in [0.4, 0.5) is 0 Å². The Hall–Kier alpha value is -0.350. The van der Waals surface area contributed by atoms with E-state index in [-0.39, 0.29) is 5.75 Å². The standard InChI is InChI=1S/C7H13NO2S/c1-8-4-2-7-3-5-11(9,10)6-7/h2,8H,3-6H2,1H3. The van der Waals surface area contributed by atoms with Crippen molar-refractivity contribution >= 4 is 9.84 Å². The number of hydrogen-bond acceptors (Lipinski definition) is 3. The lowest BCUT2D eigenvalue weighted by molar-refractivity contribution is 0.602. The van der Waals surface area contributed by atoms with Crippen molar-refractivity contribution < 1.29 is 8.42 Å². The largest absolute Gasteiger partial charge is 0.316 e. The van der Waals surface area contributed by atoms with Crippen LogP contribution < -0.4 is 5.32 Å². The lowest BCUT2D eigenvalue weighted by Crippen LogP contribution is -2.06. The first-order chi connectivity index (χ1) is 5.14. The first-order valence-corrected chi connectivity index (χ1v) is 5.49. The highest BCUT2D eigenvalue weighted by Gasteiger charge is 2.21. The van der Waals surface area contributed by atoms with Gasteiger partial charge in [0, 0.05) is 6.54 Å². The van der Waals surface area contributed by atoms with Crippen molar-refractivity contribution in [1.29, 1.82) is 0 Å². The van der Waals surface area contributed by atoms with Gasteiger partial charge in [0.15, 0.2) is 9.84 Å². The maximum atomic E-state index is 10.9. The van der Waals surface area contributed by atoms with E-state index in [0.29, 0.717) is 5.75 Å². The molecule has 11 heavy (non-hydrogen) atoms. The third-order valence-corrected chi connectivity index (χ3v) is 3.37. The van der Waals surface area contributed by atoms with E-state index >= 15 is 0 Å². The van der Waals surface area contributed by atoms with Crippen molar-refractivity contribution in [2.75, 3.05) is 25.1 Å². The van der Waals surface area contributed by atoms with E-state index in [4.69, 9.17) is 0 Å². The van der Waals surface area contributed by atoms with E-state index in [1.807, 2.05) is 13.1 Å². The highest BCUT2D eigenvalue weighted by Crippen LogP contribution is 2.16. The van der Waals surface area contributed by atoms with Crippen molar-refractivity contribution in [3.63, 3.8) is 0 Å². The normalized spacial score (nSPS) is 26.1. The molecule has 0 amide bonds. The average Bonchev–Trinajstić information content (AvgIpc) is 2.26. The van der Waals surface area contributed by atoms with Gasteiger partial charge in [0.25, 0.3) is 0 Å². The third kappa shape index (κ3) is 2.63. The lowest BCUT2D eigenvalue weighted by Gasteiger charge is -1.92. The minimum absolute atomic E-state index is 0.272. The fraction of sp³-hybridized carbons (Fsp3) is 0.714. The Morgan fingerprint density at radius 1 is 1.64 bits per heavy atom. The number of hydrogen-bond donors (Lipinski definition) is 1. The molecule has 3 nitrogen and oxygen atoms in total. The van der Waals surface area contributed by atoms with Gasteiger partial charge in [-0.3, -0.25) is 0 Å². The molecule has 1 heterocycles. The second-order valence-corrected chi connectivity index (χ2v) is 4.95. The average molecular weight is 175 g/mol. The van der Waals surface area contributed by atoms with Crippen LogP contribution in [0.5, 0.6) is 0 Å². The molecule has 1 aliphatic rings. The summed E-state index contributed by atoms with van der Waals surface area (Å²) in [6.07, 6.45) is 2.69. The lowest BCUT2D eigenvalue weighted by atomic mass is 10.2. The second-order valence-electron chi connectivity index (χ2n) is 2.76. The molecule has 1 N–H and O–H groups in total. The number of sulfone groups is 1. The Morgan fingerprint density at radius 2 is 2.36 bits per heavy atom. The predicted molar refractivity (Wildman–Crippen MR) is 45.3 cm³/mol. The first kappa shape index (κ1) is 8.74. The molecule has 0 radical (unpaired) electrons. The number of nitrogens with one attached hydrogen (secondary N) is 1. The van der Waals surface area contributed by atoms with E-state index in [1.54, 1.807) is 0 Å². The Morgan fingerprint density at radius 3 is 2.82 bits per heavy atom. The SMILES string of the molecule is CNCC=C1CCS(=O)(=O)C1. The molecule has 0 atom stereocenters. The zero-order chi connectivity index (χ0) is 8.32. The summed E-state index contributed by atoms with van der Waals surface area (Å²) >= 11 is 0. The van der Waals surface area contributed by atoms with Gasteiger partial charge in [-0.25, -0.2) is 8.42 Å². The van der Waals surface area contributed by atoms with Gasteiger partial charge in [-0.05, 0) is 13.5 Å². The van der Waals surface area contributed by atoms with Crippen LogP contribution in [0.15, 0.2) is 11.6 Å². The Bertz CT molecular complexity index is 254. The second kappa shape index (κ2) is 3.36. The molecule has 0 aromatic carbocycles. The third-order valence-electron chi connectivity index (χ3n) is 1.73. The summed E-state index contributed by atoms with van der Waals surface area (Å²) in [5.41, 5.74) is 1.05. The van der Waals surface area contributed by atoms with E-state index in [1.165, 1.54) is 0 Å². The maximum absolute atomic E-state index is 10.9. The predicted octanol–water partition coefficient (Wildman–Crippen LogP) is -0.0493. The summed E-state index contributed by atoms with van der Waals surface area (Å²) in [7, 11) is -0.874. The molecule has 4 heteroatoms. The highest BCUT2D eigenvalue weighted by molar-refractivity contribution is 7.91. The zero-order valence-electron chi connectivity index (χ0n) is 6.63. The van der Waals surface area contributed by atoms with Gasteiger partial charge in [0.05, 0.1) is 11.5 Å². The van der Waals surface area contributed by atoms with Crippen molar-refractivity contribution in [1.82, 2.24) is 5.32 Å². The molecule has 1 fully saturated rings. The molecule has 1 saturated heterocycles. The van der Waals surface area contributed by atoms with Crippen LogP contribution in [0.1, 0.15) is 6.42 Å². The van der Waals surface area contributed by atoms with Crippen molar-refractivity contribution in [2.24, 2.45) is 0 Å². The van der Waals surface area contributed by atoms with Crippen molar-refractivity contribution in [3.8, 4) is 0 Å². The summed E-state index contributed by atoms with van der Waals surface area (Å²) < 4.78 is 21.9. The molecule has 0 unspecified atom stereocenters. The molecule has 0 aromatic heterocycles. The van der Waals surface area contributed by atoms with Crippen LogP contribution in [0.3, 0.4) is 0 Å². The van der Waals surface area contributed by atoms with Crippen LogP contribution in [0, 0.1) is 0 Å². The molecule has 0 aliphatic carbocycles. The summed E-state index contributed by atoms with van der Waals surface area (Å²) in [5.74, 6) is 0.608.